The van der Waals surface area contributed by atoms with E-state index in [9.17, 15) is 9.90 Å². The van der Waals surface area contributed by atoms with E-state index in [1.807, 2.05) is 28.3 Å². The van der Waals surface area contributed by atoms with Crippen LogP contribution in [0.2, 0.25) is 0 Å². The van der Waals surface area contributed by atoms with Crippen molar-refractivity contribution in [2.75, 3.05) is 6.54 Å². The van der Waals surface area contributed by atoms with Gasteiger partial charge in [0.2, 0.25) is 0 Å². The highest BCUT2D eigenvalue weighted by Crippen LogP contribution is 2.56. The van der Waals surface area contributed by atoms with Gasteiger partial charge in [0, 0.05) is 6.20 Å². The quantitative estimate of drug-likeness (QED) is 0.826. The second-order valence-electron chi connectivity index (χ2n) is 5.23. The number of aliphatic carboxylic acids is 1. The average Bonchev–Trinajstić information content (AvgIpc) is 2.87. The Morgan fingerprint density at radius 3 is 2.91 bits per heavy atom. The lowest BCUT2D eigenvalue weighted by Crippen LogP contribution is -2.23. The molecule has 0 aliphatic heterocycles. The SMILES string of the molecule is Cl.Cl.NCCC[C@H]1CC1(C(=O)O)c1cn(-c2cccs2)cn1. The molecule has 1 saturated carbocycles. The van der Waals surface area contributed by atoms with E-state index in [-0.39, 0.29) is 30.7 Å². The number of hydrogen-bond acceptors (Lipinski definition) is 4. The number of nitrogens with two attached hydrogens (primary N) is 1. The van der Waals surface area contributed by atoms with Gasteiger partial charge in [-0.1, -0.05) is 0 Å². The number of thiophene rings is 1. The molecule has 0 aromatic carbocycles. The van der Waals surface area contributed by atoms with E-state index in [0.717, 1.165) is 17.8 Å². The van der Waals surface area contributed by atoms with Crippen molar-refractivity contribution in [1.82, 2.24) is 9.55 Å². The zero-order chi connectivity index (χ0) is 14.2. The highest BCUT2D eigenvalue weighted by atomic mass is 35.5. The number of rotatable bonds is 6. The Morgan fingerprint density at radius 2 is 2.32 bits per heavy atom. The van der Waals surface area contributed by atoms with Crippen LogP contribution in [-0.4, -0.2) is 27.2 Å². The minimum absolute atomic E-state index is 0. The standard InChI is InChI=1S/C14H17N3O2S.2ClH/c15-5-1-3-10-7-14(10,13(18)19)11-8-17(9-16-11)12-4-2-6-20-12;;/h2,4,6,8-10H,1,3,5,7,15H2,(H,18,19);2*1H/t10-,14?;;/m0../s1. The van der Waals surface area contributed by atoms with Gasteiger partial charge in [-0.3, -0.25) is 9.36 Å². The Labute approximate surface area is 145 Å². The van der Waals surface area contributed by atoms with Gasteiger partial charge in [0.25, 0.3) is 0 Å². The largest absolute Gasteiger partial charge is 0.481 e. The first-order valence-electron chi connectivity index (χ1n) is 6.70. The summed E-state index contributed by atoms with van der Waals surface area (Å²) in [6, 6.07) is 3.95. The molecule has 2 aromatic heterocycles. The van der Waals surface area contributed by atoms with Crippen LogP contribution in [0.15, 0.2) is 30.0 Å². The smallest absolute Gasteiger partial charge is 0.316 e. The highest BCUT2D eigenvalue weighted by Gasteiger charge is 2.62. The monoisotopic (exact) mass is 363 g/mol. The van der Waals surface area contributed by atoms with Crippen LogP contribution in [0.25, 0.3) is 5.00 Å². The van der Waals surface area contributed by atoms with Gasteiger partial charge < -0.3 is 10.8 Å². The third-order valence-corrected chi connectivity index (χ3v) is 4.93. The summed E-state index contributed by atoms with van der Waals surface area (Å²) in [6.07, 6.45) is 5.94. The maximum atomic E-state index is 11.7. The Bertz CT molecular complexity index is 617. The van der Waals surface area contributed by atoms with Crippen molar-refractivity contribution >= 4 is 42.1 Å². The van der Waals surface area contributed by atoms with Gasteiger partial charge in [-0.2, -0.15) is 0 Å². The lowest BCUT2D eigenvalue weighted by molar-refractivity contribution is -0.140. The molecule has 2 heterocycles. The molecule has 8 heteroatoms. The number of nitrogens with zero attached hydrogens (tertiary/aromatic N) is 2. The molecule has 0 saturated heterocycles. The van der Waals surface area contributed by atoms with Crippen LogP contribution in [-0.2, 0) is 10.2 Å². The molecule has 3 rings (SSSR count). The minimum atomic E-state index is -0.794. The molecule has 1 fully saturated rings. The summed E-state index contributed by atoms with van der Waals surface area (Å²) in [4.78, 5) is 16.0. The number of hydrogen-bond donors (Lipinski definition) is 2. The van der Waals surface area contributed by atoms with Gasteiger partial charge in [-0.25, -0.2) is 4.98 Å². The van der Waals surface area contributed by atoms with Crippen molar-refractivity contribution in [3.63, 3.8) is 0 Å². The van der Waals surface area contributed by atoms with Gasteiger partial charge in [-0.15, -0.1) is 36.2 Å². The second-order valence-corrected chi connectivity index (χ2v) is 6.15. The first-order chi connectivity index (χ1) is 9.68. The predicted molar refractivity (Wildman–Crippen MR) is 91.6 cm³/mol. The first kappa shape index (κ1) is 19.0. The first-order valence-corrected chi connectivity index (χ1v) is 7.58. The van der Waals surface area contributed by atoms with Gasteiger partial charge in [0.1, 0.15) is 16.7 Å². The number of halogens is 2. The molecule has 2 aromatic rings. The third kappa shape index (κ3) is 3.15. The number of carboxylic acid groups (broad SMARTS) is 1. The van der Waals surface area contributed by atoms with Gasteiger partial charge in [0.05, 0.1) is 5.69 Å². The van der Waals surface area contributed by atoms with Crippen LogP contribution >= 0.6 is 36.2 Å². The zero-order valence-electron chi connectivity index (χ0n) is 11.8. The van der Waals surface area contributed by atoms with Crippen LogP contribution in [0.5, 0.6) is 0 Å². The fourth-order valence-corrected chi connectivity index (χ4v) is 3.49. The predicted octanol–water partition coefficient (Wildman–Crippen LogP) is 2.86. The van der Waals surface area contributed by atoms with Crippen molar-refractivity contribution in [2.45, 2.75) is 24.7 Å². The molecule has 3 N–H and O–H groups in total. The van der Waals surface area contributed by atoms with Crippen molar-refractivity contribution in [2.24, 2.45) is 11.7 Å². The molecule has 5 nitrogen and oxygen atoms in total. The van der Waals surface area contributed by atoms with E-state index in [0.29, 0.717) is 18.7 Å². The van der Waals surface area contributed by atoms with E-state index < -0.39 is 11.4 Å². The van der Waals surface area contributed by atoms with Crippen LogP contribution < -0.4 is 5.73 Å². The second kappa shape index (κ2) is 7.46. The molecular weight excluding hydrogens is 345 g/mol. The summed E-state index contributed by atoms with van der Waals surface area (Å²) in [7, 11) is 0. The molecule has 1 aliphatic carbocycles. The van der Waals surface area contributed by atoms with Crippen molar-refractivity contribution < 1.29 is 9.90 Å². The zero-order valence-corrected chi connectivity index (χ0v) is 14.3. The summed E-state index contributed by atoms with van der Waals surface area (Å²) in [5.41, 5.74) is 5.38. The van der Waals surface area contributed by atoms with Crippen molar-refractivity contribution in [3.8, 4) is 5.00 Å². The highest BCUT2D eigenvalue weighted by molar-refractivity contribution is 7.12. The fraction of sp³-hybridized carbons (Fsp3) is 0.429. The number of imidazole rings is 1. The Balaban J connectivity index is 0.00000121. The molecule has 22 heavy (non-hydrogen) atoms. The summed E-state index contributed by atoms with van der Waals surface area (Å²) in [5, 5.41) is 12.6. The van der Waals surface area contributed by atoms with Crippen LogP contribution in [0.3, 0.4) is 0 Å². The average molecular weight is 364 g/mol. The van der Waals surface area contributed by atoms with E-state index in [1.165, 1.54) is 0 Å². The molecule has 0 amide bonds. The van der Waals surface area contributed by atoms with Gasteiger partial charge in [-0.05, 0) is 49.2 Å². The summed E-state index contributed by atoms with van der Waals surface area (Å²) < 4.78 is 1.89. The van der Waals surface area contributed by atoms with Crippen molar-refractivity contribution in [3.05, 3.63) is 35.7 Å². The molecular formula is C14H19Cl2N3O2S. The lowest BCUT2D eigenvalue weighted by atomic mass is 9.98. The van der Waals surface area contributed by atoms with E-state index in [2.05, 4.69) is 4.98 Å². The van der Waals surface area contributed by atoms with Crippen LogP contribution in [0, 0.1) is 5.92 Å². The molecule has 1 aliphatic rings. The number of aromatic nitrogens is 2. The number of carboxylic acids is 1. The number of carbonyl (C=O) groups is 1. The Kier molecular flexibility index (Phi) is 6.43. The lowest BCUT2D eigenvalue weighted by Gasteiger charge is -2.09. The third-order valence-electron chi connectivity index (χ3n) is 4.04. The topological polar surface area (TPSA) is 81.1 Å². The van der Waals surface area contributed by atoms with E-state index in [1.54, 1.807) is 17.7 Å². The van der Waals surface area contributed by atoms with Gasteiger partial charge >= 0.3 is 5.97 Å². The van der Waals surface area contributed by atoms with Gasteiger partial charge in [0.15, 0.2) is 0 Å². The summed E-state index contributed by atoms with van der Waals surface area (Å²) >= 11 is 1.60. The summed E-state index contributed by atoms with van der Waals surface area (Å²) in [5.74, 6) is -0.605. The minimum Gasteiger partial charge on any atom is -0.481 e. The normalized spacial score (nSPS) is 22.5. The van der Waals surface area contributed by atoms with Crippen molar-refractivity contribution in [1.29, 1.82) is 0 Å². The molecule has 0 bridgehead atoms. The molecule has 0 radical (unpaired) electrons. The Hall–Kier alpha value is -1.08. The van der Waals surface area contributed by atoms with Crippen LogP contribution in [0.4, 0.5) is 0 Å². The molecule has 2 atom stereocenters. The molecule has 122 valence electrons. The fourth-order valence-electron chi connectivity index (χ4n) is 2.82. The van der Waals surface area contributed by atoms with E-state index in [4.69, 9.17) is 5.73 Å². The summed E-state index contributed by atoms with van der Waals surface area (Å²) in [6.45, 7) is 0.607. The van der Waals surface area contributed by atoms with E-state index >= 15 is 0 Å². The maximum Gasteiger partial charge on any atom is 0.316 e. The van der Waals surface area contributed by atoms with Crippen LogP contribution in [0.1, 0.15) is 25.0 Å². The maximum absolute atomic E-state index is 11.7. The molecule has 1 unspecified atom stereocenters. The molecule has 0 spiro atoms. The Morgan fingerprint density at radius 1 is 1.55 bits per heavy atom.